The molecule has 0 amide bonds. The zero-order valence-corrected chi connectivity index (χ0v) is 10.6. The number of aliphatic hydroxyl groups is 1. The summed E-state index contributed by atoms with van der Waals surface area (Å²) in [4.78, 5) is 0. The van der Waals surface area contributed by atoms with Crippen molar-refractivity contribution in [1.82, 2.24) is 0 Å². The van der Waals surface area contributed by atoms with Crippen LogP contribution >= 0.6 is 15.9 Å². The van der Waals surface area contributed by atoms with Crippen LogP contribution in [-0.4, -0.2) is 24.1 Å². The smallest absolute Gasteiger partial charge is 0.336 e. The molecule has 1 aliphatic heterocycles. The molecule has 2 rings (SSSR count). The highest BCUT2D eigenvalue weighted by atomic mass is 79.9. The summed E-state index contributed by atoms with van der Waals surface area (Å²) in [5.74, 6) is -4.44. The van der Waals surface area contributed by atoms with E-state index < -0.39 is 18.5 Å². The molecular weight excluding hydrogens is 320 g/mol. The molecule has 1 unspecified atom stereocenters. The fraction of sp³-hybridized carbons (Fsp3) is 0.455. The normalized spacial score (nSPS) is 16.6. The molecular formula is C11H9BrF4O2. The Morgan fingerprint density at radius 1 is 1.33 bits per heavy atom. The molecule has 1 aliphatic rings. The summed E-state index contributed by atoms with van der Waals surface area (Å²) in [5.41, 5.74) is 0.297. The molecule has 0 fully saturated rings. The fourth-order valence-corrected chi connectivity index (χ4v) is 2.35. The molecule has 100 valence electrons. The van der Waals surface area contributed by atoms with E-state index in [0.717, 1.165) is 0 Å². The van der Waals surface area contributed by atoms with Crippen LogP contribution in [0.4, 0.5) is 17.6 Å². The van der Waals surface area contributed by atoms with Crippen LogP contribution in [0.25, 0.3) is 0 Å². The van der Waals surface area contributed by atoms with Gasteiger partial charge < -0.3 is 9.84 Å². The number of hydrogen-bond acceptors (Lipinski definition) is 2. The molecule has 0 radical (unpaired) electrons. The second-order valence-electron chi connectivity index (χ2n) is 3.96. The van der Waals surface area contributed by atoms with Gasteiger partial charge in [0.15, 0.2) is 6.10 Å². The van der Waals surface area contributed by atoms with E-state index in [9.17, 15) is 22.7 Å². The maximum atomic E-state index is 13.2. The van der Waals surface area contributed by atoms with E-state index in [0.29, 0.717) is 16.5 Å². The van der Waals surface area contributed by atoms with E-state index >= 15 is 0 Å². The van der Waals surface area contributed by atoms with Gasteiger partial charge in [0, 0.05) is 16.5 Å². The Balaban J connectivity index is 2.46. The van der Waals surface area contributed by atoms with Crippen molar-refractivity contribution < 1.29 is 27.4 Å². The summed E-state index contributed by atoms with van der Waals surface area (Å²) in [6, 6.07) is 2.82. The minimum Gasteiger partial charge on any atom is -0.493 e. The summed E-state index contributed by atoms with van der Waals surface area (Å²) < 4.78 is 56.3. The summed E-state index contributed by atoms with van der Waals surface area (Å²) >= 11 is 3.09. The molecule has 0 saturated carbocycles. The highest BCUT2D eigenvalue weighted by Crippen LogP contribution is 2.43. The molecule has 1 N–H and O–H groups in total. The largest absolute Gasteiger partial charge is 0.493 e. The monoisotopic (exact) mass is 328 g/mol. The molecule has 1 aromatic carbocycles. The van der Waals surface area contributed by atoms with Gasteiger partial charge in [0.05, 0.1) is 6.61 Å². The number of rotatable bonds is 3. The van der Waals surface area contributed by atoms with Gasteiger partial charge in [-0.2, -0.15) is 8.78 Å². The highest BCUT2D eigenvalue weighted by molar-refractivity contribution is 9.10. The molecule has 1 atom stereocenters. The lowest BCUT2D eigenvalue weighted by Crippen LogP contribution is -2.34. The van der Waals surface area contributed by atoms with Crippen LogP contribution in [0.15, 0.2) is 16.6 Å². The molecule has 0 spiro atoms. The Morgan fingerprint density at radius 3 is 2.61 bits per heavy atom. The maximum Gasteiger partial charge on any atom is 0.336 e. The number of ether oxygens (including phenoxy) is 1. The van der Waals surface area contributed by atoms with Crippen LogP contribution in [0.2, 0.25) is 0 Å². The predicted molar refractivity (Wildman–Crippen MR) is 59.3 cm³/mol. The number of fused-ring (bicyclic) bond motifs is 1. The fourth-order valence-electron chi connectivity index (χ4n) is 1.83. The van der Waals surface area contributed by atoms with Crippen molar-refractivity contribution in [2.24, 2.45) is 0 Å². The zero-order valence-electron chi connectivity index (χ0n) is 8.97. The van der Waals surface area contributed by atoms with Crippen LogP contribution in [0, 0.1) is 0 Å². The first-order chi connectivity index (χ1) is 8.34. The van der Waals surface area contributed by atoms with E-state index in [2.05, 4.69) is 15.9 Å². The first-order valence-corrected chi connectivity index (χ1v) is 5.92. The summed E-state index contributed by atoms with van der Waals surface area (Å²) in [7, 11) is 0. The average Bonchev–Trinajstić information content (AvgIpc) is 2.74. The first kappa shape index (κ1) is 13.6. The van der Waals surface area contributed by atoms with Crippen molar-refractivity contribution in [2.45, 2.75) is 24.9 Å². The lowest BCUT2D eigenvalue weighted by Gasteiger charge is -2.23. The number of hydrogen-bond donors (Lipinski definition) is 1. The summed E-state index contributed by atoms with van der Waals surface area (Å²) in [6.07, 6.45) is -6.04. The van der Waals surface area contributed by atoms with Gasteiger partial charge in [-0.25, -0.2) is 8.78 Å². The van der Waals surface area contributed by atoms with Crippen molar-refractivity contribution in [1.29, 1.82) is 0 Å². The molecule has 0 aliphatic carbocycles. The molecule has 2 nitrogen and oxygen atoms in total. The lowest BCUT2D eigenvalue weighted by atomic mass is 9.99. The summed E-state index contributed by atoms with van der Waals surface area (Å²) in [5, 5.41) is 9.48. The van der Waals surface area contributed by atoms with Gasteiger partial charge >= 0.3 is 12.3 Å². The second-order valence-corrected chi connectivity index (χ2v) is 4.88. The van der Waals surface area contributed by atoms with Gasteiger partial charge in [-0.15, -0.1) is 0 Å². The summed E-state index contributed by atoms with van der Waals surface area (Å²) in [6.45, 7) is 0.283. The Bertz CT molecular complexity index is 465. The Hall–Kier alpha value is -0.820. The molecule has 1 aromatic rings. The van der Waals surface area contributed by atoms with Gasteiger partial charge in [0.2, 0.25) is 0 Å². The first-order valence-electron chi connectivity index (χ1n) is 5.13. The third kappa shape index (κ3) is 2.21. The minimum atomic E-state index is -4.51. The van der Waals surface area contributed by atoms with Gasteiger partial charge in [-0.3, -0.25) is 0 Å². The Labute approximate surface area is 109 Å². The van der Waals surface area contributed by atoms with Crippen molar-refractivity contribution >= 4 is 15.9 Å². The van der Waals surface area contributed by atoms with Gasteiger partial charge in [0.1, 0.15) is 5.75 Å². The van der Waals surface area contributed by atoms with E-state index in [1.807, 2.05) is 0 Å². The van der Waals surface area contributed by atoms with Crippen molar-refractivity contribution in [3.05, 3.63) is 27.7 Å². The second kappa shape index (κ2) is 4.70. The van der Waals surface area contributed by atoms with Gasteiger partial charge in [0.25, 0.3) is 0 Å². The number of halogens is 5. The Kier molecular flexibility index (Phi) is 3.55. The van der Waals surface area contributed by atoms with Crippen LogP contribution in [0.3, 0.4) is 0 Å². The number of benzene rings is 1. The SMILES string of the molecule is OC(c1cc(Br)cc2c1OCC2)C(F)(F)C(F)F. The van der Waals surface area contributed by atoms with Gasteiger partial charge in [-0.05, 0) is 17.7 Å². The Morgan fingerprint density at radius 2 is 2.00 bits per heavy atom. The van der Waals surface area contributed by atoms with E-state index in [1.54, 1.807) is 6.07 Å². The van der Waals surface area contributed by atoms with E-state index in [-0.39, 0.29) is 17.9 Å². The third-order valence-corrected chi connectivity index (χ3v) is 3.19. The standard InChI is InChI=1S/C11H9BrF4O2/c12-6-3-5-1-2-18-8(5)7(4-6)9(17)11(15,16)10(13)14/h3-4,9-10,17H,1-2H2. The van der Waals surface area contributed by atoms with Crippen LogP contribution in [0.5, 0.6) is 5.75 Å². The van der Waals surface area contributed by atoms with Crippen molar-refractivity contribution in [3.8, 4) is 5.75 Å². The molecule has 1 heterocycles. The van der Waals surface area contributed by atoms with E-state index in [4.69, 9.17) is 4.74 Å². The zero-order chi connectivity index (χ0) is 13.5. The minimum absolute atomic E-state index is 0.0750. The van der Waals surface area contributed by atoms with Crippen molar-refractivity contribution in [3.63, 3.8) is 0 Å². The quantitative estimate of drug-likeness (QED) is 0.862. The topological polar surface area (TPSA) is 29.5 Å². The third-order valence-electron chi connectivity index (χ3n) is 2.73. The maximum absolute atomic E-state index is 13.2. The average molecular weight is 329 g/mol. The molecule has 0 aromatic heterocycles. The molecule has 0 bridgehead atoms. The van der Waals surface area contributed by atoms with Crippen LogP contribution in [-0.2, 0) is 6.42 Å². The lowest BCUT2D eigenvalue weighted by molar-refractivity contribution is -0.194. The molecule has 7 heteroatoms. The number of alkyl halides is 4. The molecule has 0 saturated heterocycles. The van der Waals surface area contributed by atoms with Crippen LogP contribution in [0.1, 0.15) is 17.2 Å². The molecule has 18 heavy (non-hydrogen) atoms. The van der Waals surface area contributed by atoms with Crippen LogP contribution < -0.4 is 4.74 Å². The highest BCUT2D eigenvalue weighted by Gasteiger charge is 2.50. The predicted octanol–water partition coefficient (Wildman–Crippen LogP) is 3.32. The van der Waals surface area contributed by atoms with Gasteiger partial charge in [-0.1, -0.05) is 15.9 Å². The van der Waals surface area contributed by atoms with Crippen molar-refractivity contribution in [2.75, 3.05) is 6.61 Å². The van der Waals surface area contributed by atoms with E-state index in [1.165, 1.54) is 6.07 Å². The number of aliphatic hydroxyl groups excluding tert-OH is 1.